The summed E-state index contributed by atoms with van der Waals surface area (Å²) in [6.45, 7) is 0.880. The molecule has 2 aliphatic rings. The first-order valence-corrected chi connectivity index (χ1v) is 9.52. The van der Waals surface area contributed by atoms with Crippen LogP contribution in [0.25, 0.3) is 0 Å². The molecule has 2 atom stereocenters. The van der Waals surface area contributed by atoms with Gasteiger partial charge in [0.1, 0.15) is 6.04 Å². The lowest BCUT2D eigenvalue weighted by molar-refractivity contribution is -0.142. The van der Waals surface area contributed by atoms with Crippen LogP contribution in [-0.2, 0) is 14.3 Å². The molecule has 2 rings (SSSR count). The highest BCUT2D eigenvalue weighted by Crippen LogP contribution is 2.40. The average molecular weight is 319 g/mol. The van der Waals surface area contributed by atoms with Crippen molar-refractivity contribution in [2.45, 2.75) is 49.0 Å². The van der Waals surface area contributed by atoms with Crippen molar-refractivity contribution < 1.29 is 14.3 Å². The standard InChI is InChI=1S/C14H25NO3S2/c1-17-13(16)12(15)3-7-20-11-2-6-18-14(10-11)4-8-19-9-5-14/h11-12H,2-10,15H2,1H3. The fraction of sp³-hybridized carbons (Fsp3) is 0.929. The first-order valence-electron chi connectivity index (χ1n) is 7.32. The predicted molar refractivity (Wildman–Crippen MR) is 85.3 cm³/mol. The third kappa shape index (κ3) is 4.55. The number of nitrogens with two attached hydrogens (primary N) is 1. The SMILES string of the molecule is COC(=O)C(N)CCSC1CCOC2(CCSCC2)C1. The third-order valence-electron chi connectivity index (χ3n) is 4.14. The van der Waals surface area contributed by atoms with Crippen LogP contribution >= 0.6 is 23.5 Å². The molecule has 20 heavy (non-hydrogen) atoms. The van der Waals surface area contributed by atoms with Crippen LogP contribution in [0, 0.1) is 0 Å². The Morgan fingerprint density at radius 1 is 1.55 bits per heavy atom. The van der Waals surface area contributed by atoms with Crippen LogP contribution in [0.5, 0.6) is 0 Å². The number of esters is 1. The van der Waals surface area contributed by atoms with Crippen molar-refractivity contribution in [2.24, 2.45) is 5.73 Å². The molecule has 2 unspecified atom stereocenters. The Bertz CT molecular complexity index is 316. The van der Waals surface area contributed by atoms with Gasteiger partial charge < -0.3 is 15.2 Å². The van der Waals surface area contributed by atoms with Crippen LogP contribution < -0.4 is 5.73 Å². The van der Waals surface area contributed by atoms with Crippen LogP contribution in [0.2, 0.25) is 0 Å². The fourth-order valence-corrected chi connectivity index (χ4v) is 5.49. The van der Waals surface area contributed by atoms with E-state index < -0.39 is 6.04 Å². The van der Waals surface area contributed by atoms with E-state index in [2.05, 4.69) is 4.74 Å². The van der Waals surface area contributed by atoms with E-state index in [0.29, 0.717) is 11.7 Å². The molecule has 1 spiro atoms. The number of methoxy groups -OCH3 is 1. The molecule has 0 amide bonds. The first kappa shape index (κ1) is 16.5. The molecule has 0 aromatic heterocycles. The summed E-state index contributed by atoms with van der Waals surface area (Å²) in [4.78, 5) is 11.3. The molecule has 0 bridgehead atoms. The second kappa shape index (κ2) is 7.92. The largest absolute Gasteiger partial charge is 0.468 e. The number of hydrogen-bond acceptors (Lipinski definition) is 6. The van der Waals surface area contributed by atoms with Crippen molar-refractivity contribution >= 4 is 29.5 Å². The van der Waals surface area contributed by atoms with E-state index in [1.807, 2.05) is 23.5 Å². The predicted octanol–water partition coefficient (Wildman–Crippen LogP) is 2.05. The minimum absolute atomic E-state index is 0.144. The zero-order valence-corrected chi connectivity index (χ0v) is 13.8. The fourth-order valence-electron chi connectivity index (χ4n) is 2.85. The number of thioether (sulfide) groups is 2. The summed E-state index contributed by atoms with van der Waals surface area (Å²) in [6, 6.07) is -0.479. The smallest absolute Gasteiger partial charge is 0.322 e. The molecule has 2 heterocycles. The summed E-state index contributed by atoms with van der Waals surface area (Å²) >= 11 is 3.98. The van der Waals surface area contributed by atoms with Gasteiger partial charge in [-0.05, 0) is 49.4 Å². The zero-order valence-electron chi connectivity index (χ0n) is 12.1. The summed E-state index contributed by atoms with van der Waals surface area (Å²) in [7, 11) is 1.39. The number of ether oxygens (including phenoxy) is 2. The summed E-state index contributed by atoms with van der Waals surface area (Å²) in [5, 5.41) is 0.650. The van der Waals surface area contributed by atoms with Gasteiger partial charge in [0.2, 0.25) is 0 Å². The second-order valence-corrected chi connectivity index (χ2v) is 8.18. The lowest BCUT2D eigenvalue weighted by Gasteiger charge is -2.43. The minimum Gasteiger partial charge on any atom is -0.468 e. The Hall–Kier alpha value is 0.0900. The number of carbonyl (C=O) groups is 1. The lowest BCUT2D eigenvalue weighted by atomic mass is 9.88. The van der Waals surface area contributed by atoms with E-state index in [1.54, 1.807) is 0 Å². The number of carbonyl (C=O) groups excluding carboxylic acids is 1. The summed E-state index contributed by atoms with van der Waals surface area (Å²) in [5.74, 6) is 3.07. The molecule has 0 saturated carbocycles. The second-order valence-electron chi connectivity index (χ2n) is 5.55. The highest BCUT2D eigenvalue weighted by Gasteiger charge is 2.38. The highest BCUT2D eigenvalue weighted by molar-refractivity contribution is 8.00. The van der Waals surface area contributed by atoms with Crippen molar-refractivity contribution in [2.75, 3.05) is 31.0 Å². The van der Waals surface area contributed by atoms with Crippen molar-refractivity contribution in [3.63, 3.8) is 0 Å². The maximum atomic E-state index is 11.3. The van der Waals surface area contributed by atoms with Gasteiger partial charge in [0.15, 0.2) is 0 Å². The van der Waals surface area contributed by atoms with E-state index in [4.69, 9.17) is 10.5 Å². The van der Waals surface area contributed by atoms with Gasteiger partial charge in [0, 0.05) is 11.9 Å². The Labute approximate surface area is 129 Å². The lowest BCUT2D eigenvalue weighted by Crippen LogP contribution is -2.43. The van der Waals surface area contributed by atoms with Crippen molar-refractivity contribution in [1.29, 1.82) is 0 Å². The van der Waals surface area contributed by atoms with Gasteiger partial charge in [-0.3, -0.25) is 4.79 Å². The van der Waals surface area contributed by atoms with Crippen LogP contribution in [0.1, 0.15) is 32.1 Å². The van der Waals surface area contributed by atoms with Crippen molar-refractivity contribution in [1.82, 2.24) is 0 Å². The van der Waals surface area contributed by atoms with Gasteiger partial charge in [-0.25, -0.2) is 0 Å². The Morgan fingerprint density at radius 3 is 3.00 bits per heavy atom. The Kier molecular flexibility index (Phi) is 6.52. The van der Waals surface area contributed by atoms with Gasteiger partial charge in [0.05, 0.1) is 12.7 Å². The molecular formula is C14H25NO3S2. The van der Waals surface area contributed by atoms with Crippen LogP contribution in [0.4, 0.5) is 0 Å². The van der Waals surface area contributed by atoms with Gasteiger partial charge in [-0.2, -0.15) is 23.5 Å². The molecule has 2 fully saturated rings. The van der Waals surface area contributed by atoms with Gasteiger partial charge in [0.25, 0.3) is 0 Å². The van der Waals surface area contributed by atoms with Crippen LogP contribution in [-0.4, -0.2) is 53.8 Å². The molecular weight excluding hydrogens is 294 g/mol. The van der Waals surface area contributed by atoms with E-state index in [1.165, 1.54) is 31.5 Å². The van der Waals surface area contributed by atoms with Crippen LogP contribution in [0.3, 0.4) is 0 Å². The number of hydrogen-bond donors (Lipinski definition) is 1. The molecule has 0 radical (unpaired) electrons. The molecule has 2 N–H and O–H groups in total. The van der Waals surface area contributed by atoms with Crippen molar-refractivity contribution in [3.8, 4) is 0 Å². The number of rotatable bonds is 5. The first-order chi connectivity index (χ1) is 9.65. The molecule has 0 aromatic carbocycles. The quantitative estimate of drug-likeness (QED) is 0.783. The zero-order chi connectivity index (χ0) is 14.4. The maximum Gasteiger partial charge on any atom is 0.322 e. The summed E-state index contributed by atoms with van der Waals surface area (Å²) in [5.41, 5.74) is 5.91. The average Bonchev–Trinajstić information content (AvgIpc) is 2.47. The van der Waals surface area contributed by atoms with E-state index >= 15 is 0 Å². The van der Waals surface area contributed by atoms with Gasteiger partial charge in [-0.15, -0.1) is 0 Å². The normalized spacial score (nSPS) is 27.2. The maximum absolute atomic E-state index is 11.3. The molecule has 4 nitrogen and oxygen atoms in total. The minimum atomic E-state index is -0.479. The molecule has 2 saturated heterocycles. The van der Waals surface area contributed by atoms with Gasteiger partial charge in [-0.1, -0.05) is 0 Å². The van der Waals surface area contributed by atoms with E-state index in [0.717, 1.165) is 25.2 Å². The topological polar surface area (TPSA) is 61.5 Å². The molecule has 0 aliphatic carbocycles. The molecule has 6 heteroatoms. The summed E-state index contributed by atoms with van der Waals surface area (Å²) in [6.07, 6.45) is 5.35. The molecule has 0 aromatic rings. The van der Waals surface area contributed by atoms with Gasteiger partial charge >= 0.3 is 5.97 Å². The monoisotopic (exact) mass is 319 g/mol. The highest BCUT2D eigenvalue weighted by atomic mass is 32.2. The van der Waals surface area contributed by atoms with E-state index in [9.17, 15) is 4.79 Å². The Morgan fingerprint density at radius 2 is 2.30 bits per heavy atom. The van der Waals surface area contributed by atoms with E-state index in [-0.39, 0.29) is 11.6 Å². The van der Waals surface area contributed by atoms with Crippen molar-refractivity contribution in [3.05, 3.63) is 0 Å². The van der Waals surface area contributed by atoms with Crippen LogP contribution in [0.15, 0.2) is 0 Å². The molecule has 2 aliphatic heterocycles. The Balaban J connectivity index is 1.72. The third-order valence-corrected chi connectivity index (χ3v) is 6.47. The molecule has 116 valence electrons. The summed E-state index contributed by atoms with van der Waals surface area (Å²) < 4.78 is 10.7.